The summed E-state index contributed by atoms with van der Waals surface area (Å²) in [6, 6.07) is 5.57. The van der Waals surface area contributed by atoms with Gasteiger partial charge < -0.3 is 39.2 Å². The molecule has 0 unspecified atom stereocenters. The van der Waals surface area contributed by atoms with Gasteiger partial charge in [-0.3, -0.25) is 10.1 Å². The summed E-state index contributed by atoms with van der Waals surface area (Å²) in [5.41, 5.74) is 1.58. The number of rotatable bonds is 7. The van der Waals surface area contributed by atoms with Crippen LogP contribution in [0.3, 0.4) is 0 Å². The maximum absolute atomic E-state index is 10.7. The van der Waals surface area contributed by atoms with Gasteiger partial charge in [-0.1, -0.05) is 6.07 Å². The summed E-state index contributed by atoms with van der Waals surface area (Å²) in [5.74, 6) is 0.642. The summed E-state index contributed by atoms with van der Waals surface area (Å²) in [6.45, 7) is 8.84. The predicted molar refractivity (Wildman–Crippen MR) is 130 cm³/mol. The zero-order valence-corrected chi connectivity index (χ0v) is 20.0. The van der Waals surface area contributed by atoms with E-state index in [-0.39, 0.29) is 0 Å². The van der Waals surface area contributed by atoms with Crippen molar-refractivity contribution < 1.29 is 28.6 Å². The van der Waals surface area contributed by atoms with Crippen LogP contribution in [0.5, 0.6) is 5.75 Å². The SMILES string of the molecule is COCCOc1cc(/C=C/[N+](=O)[O-])ccc1N1CCNCCOCCNCCOCCOCC1. The van der Waals surface area contributed by atoms with Crippen molar-refractivity contribution in [3.05, 3.63) is 40.1 Å². The third-order valence-corrected chi connectivity index (χ3v) is 4.96. The number of benzene rings is 1. The molecule has 11 heteroatoms. The summed E-state index contributed by atoms with van der Waals surface area (Å²) in [6.07, 6.45) is 2.37. The van der Waals surface area contributed by atoms with Crippen molar-refractivity contribution in [1.82, 2.24) is 10.6 Å². The molecule has 1 saturated heterocycles. The molecule has 0 spiro atoms. The molecule has 2 rings (SSSR count). The van der Waals surface area contributed by atoms with E-state index < -0.39 is 4.92 Å². The fourth-order valence-corrected chi connectivity index (χ4v) is 3.24. The molecule has 0 saturated carbocycles. The van der Waals surface area contributed by atoms with Crippen molar-refractivity contribution in [2.24, 2.45) is 0 Å². The zero-order valence-electron chi connectivity index (χ0n) is 20.0. The van der Waals surface area contributed by atoms with Crippen LogP contribution in [-0.4, -0.2) is 104 Å². The number of hydrogen-bond donors (Lipinski definition) is 2. The first-order valence-corrected chi connectivity index (χ1v) is 11.7. The first kappa shape index (κ1) is 28.0. The molecule has 0 aliphatic carbocycles. The molecule has 34 heavy (non-hydrogen) atoms. The van der Waals surface area contributed by atoms with Crippen molar-refractivity contribution in [3.8, 4) is 5.75 Å². The molecule has 192 valence electrons. The molecule has 1 aliphatic rings. The van der Waals surface area contributed by atoms with Gasteiger partial charge in [-0.25, -0.2) is 0 Å². The molecule has 2 N–H and O–H groups in total. The lowest BCUT2D eigenvalue weighted by molar-refractivity contribution is -0.400. The number of nitro groups is 1. The molecule has 1 aliphatic heterocycles. The van der Waals surface area contributed by atoms with E-state index >= 15 is 0 Å². The summed E-state index contributed by atoms with van der Waals surface area (Å²) < 4.78 is 28.1. The predicted octanol–water partition coefficient (Wildman–Crippen LogP) is 1.01. The van der Waals surface area contributed by atoms with E-state index in [0.29, 0.717) is 70.7 Å². The maximum Gasteiger partial charge on any atom is 0.235 e. The lowest BCUT2D eigenvalue weighted by Crippen LogP contribution is -2.36. The highest BCUT2D eigenvalue weighted by Crippen LogP contribution is 2.30. The van der Waals surface area contributed by atoms with Gasteiger partial charge in [0.15, 0.2) is 0 Å². The highest BCUT2D eigenvalue weighted by Gasteiger charge is 2.14. The number of anilines is 1. The lowest BCUT2D eigenvalue weighted by atomic mass is 10.1. The van der Waals surface area contributed by atoms with Crippen molar-refractivity contribution in [3.63, 3.8) is 0 Å². The summed E-state index contributed by atoms with van der Waals surface area (Å²) in [7, 11) is 1.61. The molecule has 0 amide bonds. The average molecular weight is 483 g/mol. The van der Waals surface area contributed by atoms with Crippen LogP contribution in [0.2, 0.25) is 0 Å². The molecule has 1 heterocycles. The first-order chi connectivity index (χ1) is 16.7. The Labute approximate surface area is 201 Å². The number of methoxy groups -OCH3 is 1. The zero-order chi connectivity index (χ0) is 24.3. The van der Waals surface area contributed by atoms with E-state index in [1.54, 1.807) is 13.2 Å². The molecule has 1 aromatic rings. The number of nitrogens with one attached hydrogen (secondary N) is 2. The Bertz CT molecular complexity index is 703. The van der Waals surface area contributed by atoms with Crippen molar-refractivity contribution in [2.45, 2.75) is 0 Å². The smallest absolute Gasteiger partial charge is 0.235 e. The Hall–Kier alpha value is -2.28. The fraction of sp³-hybridized carbons (Fsp3) is 0.652. The van der Waals surface area contributed by atoms with E-state index in [0.717, 1.165) is 44.6 Å². The maximum atomic E-state index is 10.7. The average Bonchev–Trinajstić information content (AvgIpc) is 2.83. The van der Waals surface area contributed by atoms with E-state index in [4.69, 9.17) is 23.7 Å². The highest BCUT2D eigenvalue weighted by molar-refractivity contribution is 5.64. The van der Waals surface area contributed by atoms with Gasteiger partial charge >= 0.3 is 0 Å². The summed E-state index contributed by atoms with van der Waals surface area (Å²) in [5, 5.41) is 17.4. The molecule has 0 bridgehead atoms. The van der Waals surface area contributed by atoms with Crippen LogP contribution in [0.1, 0.15) is 5.56 Å². The monoisotopic (exact) mass is 482 g/mol. The Kier molecular flexibility index (Phi) is 14.9. The topological polar surface area (TPSA) is 117 Å². The molecule has 0 radical (unpaired) electrons. The Morgan fingerprint density at radius 1 is 0.971 bits per heavy atom. The fourth-order valence-electron chi connectivity index (χ4n) is 3.24. The molecular formula is C23H38N4O7. The van der Waals surface area contributed by atoms with Gasteiger partial charge in [-0.05, 0) is 17.7 Å². The second-order valence-electron chi connectivity index (χ2n) is 7.49. The number of nitrogens with zero attached hydrogens (tertiary/aromatic N) is 2. The van der Waals surface area contributed by atoms with Crippen LogP contribution in [0.25, 0.3) is 6.08 Å². The standard InChI is InChI=1S/C23H38N4O7/c1-30-16-19-34-23-20-21(4-9-27(28)29)2-3-22(23)26-10-5-24-6-12-31-13-7-25-8-14-32-17-18-33-15-11-26/h2-4,9,20,24-25H,5-8,10-19H2,1H3/b9-4+. The van der Waals surface area contributed by atoms with E-state index in [1.807, 2.05) is 12.1 Å². The van der Waals surface area contributed by atoms with Gasteiger partial charge in [0, 0.05) is 52.5 Å². The quantitative estimate of drug-likeness (QED) is 0.331. The molecular weight excluding hydrogens is 444 g/mol. The molecule has 1 aromatic carbocycles. The number of hydrogen-bond acceptors (Lipinski definition) is 10. The highest BCUT2D eigenvalue weighted by atomic mass is 16.6. The minimum absolute atomic E-state index is 0.373. The van der Waals surface area contributed by atoms with Crippen LogP contribution in [0.15, 0.2) is 24.4 Å². The van der Waals surface area contributed by atoms with Gasteiger partial charge in [-0.15, -0.1) is 0 Å². The van der Waals surface area contributed by atoms with Crippen LogP contribution in [0.4, 0.5) is 5.69 Å². The van der Waals surface area contributed by atoms with Gasteiger partial charge in [0.1, 0.15) is 12.4 Å². The van der Waals surface area contributed by atoms with Gasteiger partial charge in [0.05, 0.1) is 56.9 Å². The third-order valence-electron chi connectivity index (χ3n) is 4.96. The normalized spacial score (nSPS) is 18.3. The summed E-state index contributed by atoms with van der Waals surface area (Å²) >= 11 is 0. The van der Waals surface area contributed by atoms with Crippen LogP contribution >= 0.6 is 0 Å². The minimum Gasteiger partial charge on any atom is -0.489 e. The minimum atomic E-state index is -0.485. The lowest BCUT2D eigenvalue weighted by Gasteiger charge is -2.27. The largest absolute Gasteiger partial charge is 0.489 e. The van der Waals surface area contributed by atoms with Crippen molar-refractivity contribution in [2.75, 3.05) is 104 Å². The molecule has 1 fully saturated rings. The third kappa shape index (κ3) is 12.3. The Balaban J connectivity index is 2.08. The van der Waals surface area contributed by atoms with E-state index in [1.165, 1.54) is 6.08 Å². The van der Waals surface area contributed by atoms with Gasteiger partial charge in [0.2, 0.25) is 6.20 Å². The number of ether oxygens (including phenoxy) is 5. The Morgan fingerprint density at radius 2 is 1.65 bits per heavy atom. The van der Waals surface area contributed by atoms with Crippen molar-refractivity contribution in [1.29, 1.82) is 0 Å². The molecule has 0 atom stereocenters. The second kappa shape index (κ2) is 18.1. The molecule has 11 nitrogen and oxygen atoms in total. The van der Waals surface area contributed by atoms with Crippen LogP contribution in [0, 0.1) is 10.1 Å². The second-order valence-corrected chi connectivity index (χ2v) is 7.49. The Morgan fingerprint density at radius 3 is 2.35 bits per heavy atom. The summed E-state index contributed by atoms with van der Waals surface area (Å²) in [4.78, 5) is 12.4. The first-order valence-electron chi connectivity index (χ1n) is 11.7. The van der Waals surface area contributed by atoms with Gasteiger partial charge in [0.25, 0.3) is 0 Å². The van der Waals surface area contributed by atoms with Crippen LogP contribution in [-0.2, 0) is 18.9 Å². The van der Waals surface area contributed by atoms with Crippen LogP contribution < -0.4 is 20.3 Å². The van der Waals surface area contributed by atoms with Crippen molar-refractivity contribution >= 4 is 11.8 Å². The van der Waals surface area contributed by atoms with Gasteiger partial charge in [-0.2, -0.15) is 0 Å². The van der Waals surface area contributed by atoms with E-state index in [9.17, 15) is 10.1 Å². The van der Waals surface area contributed by atoms with E-state index in [2.05, 4.69) is 15.5 Å². The molecule has 0 aromatic heterocycles.